The van der Waals surface area contributed by atoms with Gasteiger partial charge in [-0.1, -0.05) is 60.2 Å². The summed E-state index contributed by atoms with van der Waals surface area (Å²) in [6.07, 6.45) is 0. The van der Waals surface area contributed by atoms with Gasteiger partial charge in [0.15, 0.2) is 5.78 Å². The highest BCUT2D eigenvalue weighted by molar-refractivity contribution is 8.00. The fourth-order valence-electron chi connectivity index (χ4n) is 3.94. The van der Waals surface area contributed by atoms with Gasteiger partial charge in [0.05, 0.1) is 16.6 Å². The number of para-hydroxylation sites is 1. The van der Waals surface area contributed by atoms with Crippen molar-refractivity contribution in [3.63, 3.8) is 0 Å². The number of anilines is 1. The molecular weight excluding hydrogens is 350 g/mol. The third-order valence-corrected chi connectivity index (χ3v) is 6.66. The second kappa shape index (κ2) is 6.14. The number of fused-ring (bicyclic) bond motifs is 3. The van der Waals surface area contributed by atoms with Crippen LogP contribution in [0.5, 0.6) is 0 Å². The van der Waals surface area contributed by atoms with E-state index in [2.05, 4.69) is 55.6 Å². The minimum Gasteiger partial charge on any atom is -0.354 e. The number of benzene rings is 3. The van der Waals surface area contributed by atoms with E-state index in [0.717, 1.165) is 28.1 Å². The number of carbonyl (C=O) groups is 1. The first-order valence-electron chi connectivity index (χ1n) is 9.11. The molecular formula is C24H19NOS. The number of ketones is 1. The summed E-state index contributed by atoms with van der Waals surface area (Å²) in [5, 5.41) is 3.55. The Bertz CT molecular complexity index is 1130. The van der Waals surface area contributed by atoms with E-state index in [0.29, 0.717) is 0 Å². The van der Waals surface area contributed by atoms with E-state index in [-0.39, 0.29) is 11.0 Å². The standard InChI is InChI=1S/C24H19NOS/c1-14-11-12-15(2)18(13-14)24-21-22(16-7-3-4-8-17(16)23(21)26)25-19-9-5-6-10-20(19)27-24/h3-13,24-25H,1-2H3. The summed E-state index contributed by atoms with van der Waals surface area (Å²) in [5.41, 5.74) is 8.33. The van der Waals surface area contributed by atoms with Gasteiger partial charge in [-0.3, -0.25) is 4.79 Å². The van der Waals surface area contributed by atoms with Gasteiger partial charge in [0, 0.05) is 21.6 Å². The monoisotopic (exact) mass is 369 g/mol. The maximum absolute atomic E-state index is 13.4. The zero-order valence-electron chi connectivity index (χ0n) is 15.2. The van der Waals surface area contributed by atoms with Crippen molar-refractivity contribution in [2.45, 2.75) is 24.0 Å². The second-order valence-corrected chi connectivity index (χ2v) is 8.29. The molecule has 2 nitrogen and oxygen atoms in total. The van der Waals surface area contributed by atoms with E-state index >= 15 is 0 Å². The lowest BCUT2D eigenvalue weighted by atomic mass is 9.96. The van der Waals surface area contributed by atoms with Gasteiger partial charge in [-0.05, 0) is 37.1 Å². The molecule has 0 amide bonds. The molecule has 0 bridgehead atoms. The topological polar surface area (TPSA) is 29.1 Å². The fourth-order valence-corrected chi connectivity index (χ4v) is 5.32. The molecule has 3 aromatic carbocycles. The van der Waals surface area contributed by atoms with Crippen LogP contribution < -0.4 is 5.32 Å². The third kappa shape index (κ3) is 2.54. The number of carbonyl (C=O) groups excluding carboxylic acids is 1. The highest BCUT2D eigenvalue weighted by atomic mass is 32.2. The van der Waals surface area contributed by atoms with Crippen molar-refractivity contribution in [3.8, 4) is 0 Å². The predicted molar refractivity (Wildman–Crippen MR) is 112 cm³/mol. The summed E-state index contributed by atoms with van der Waals surface area (Å²) in [4.78, 5) is 14.6. The Morgan fingerprint density at radius 1 is 0.889 bits per heavy atom. The molecule has 1 heterocycles. The quantitative estimate of drug-likeness (QED) is 0.556. The summed E-state index contributed by atoms with van der Waals surface area (Å²) in [6.45, 7) is 4.24. The van der Waals surface area contributed by atoms with Crippen molar-refractivity contribution in [3.05, 3.63) is 100 Å². The van der Waals surface area contributed by atoms with E-state index in [4.69, 9.17) is 0 Å². The molecule has 5 rings (SSSR count). The molecule has 3 aromatic rings. The summed E-state index contributed by atoms with van der Waals surface area (Å²) in [6, 6.07) is 22.7. The van der Waals surface area contributed by atoms with Gasteiger partial charge in [-0.25, -0.2) is 0 Å². The number of aryl methyl sites for hydroxylation is 2. The van der Waals surface area contributed by atoms with Gasteiger partial charge in [0.1, 0.15) is 0 Å². The Balaban J connectivity index is 1.78. The van der Waals surface area contributed by atoms with E-state index in [1.54, 1.807) is 11.8 Å². The van der Waals surface area contributed by atoms with Crippen LogP contribution in [0.4, 0.5) is 5.69 Å². The van der Waals surface area contributed by atoms with Crippen molar-refractivity contribution in [1.82, 2.24) is 0 Å². The van der Waals surface area contributed by atoms with E-state index in [1.807, 2.05) is 30.3 Å². The summed E-state index contributed by atoms with van der Waals surface area (Å²) in [5.74, 6) is 0.138. The van der Waals surface area contributed by atoms with Crippen LogP contribution in [0, 0.1) is 13.8 Å². The Hall–Kier alpha value is -2.78. The van der Waals surface area contributed by atoms with Gasteiger partial charge >= 0.3 is 0 Å². The van der Waals surface area contributed by atoms with Crippen LogP contribution in [0.2, 0.25) is 0 Å². The van der Waals surface area contributed by atoms with Crippen LogP contribution in [-0.4, -0.2) is 5.78 Å². The average molecular weight is 369 g/mol. The lowest BCUT2D eigenvalue weighted by Gasteiger charge is -2.20. The summed E-state index contributed by atoms with van der Waals surface area (Å²) >= 11 is 1.76. The molecule has 0 saturated heterocycles. The van der Waals surface area contributed by atoms with Crippen LogP contribution in [-0.2, 0) is 0 Å². The lowest BCUT2D eigenvalue weighted by Crippen LogP contribution is -2.09. The molecule has 132 valence electrons. The smallest absolute Gasteiger partial charge is 0.193 e. The molecule has 1 N–H and O–H groups in total. The van der Waals surface area contributed by atoms with Gasteiger partial charge in [0.2, 0.25) is 0 Å². The molecule has 27 heavy (non-hydrogen) atoms. The summed E-state index contributed by atoms with van der Waals surface area (Å²) in [7, 11) is 0. The van der Waals surface area contributed by atoms with Crippen molar-refractivity contribution in [2.75, 3.05) is 5.32 Å². The molecule has 0 spiro atoms. The number of Topliss-reactive ketones (excluding diaryl/α,β-unsaturated/α-hetero) is 1. The van der Waals surface area contributed by atoms with E-state index in [9.17, 15) is 4.79 Å². The van der Waals surface area contributed by atoms with Gasteiger partial charge in [-0.15, -0.1) is 11.8 Å². The molecule has 0 radical (unpaired) electrons. The first-order chi connectivity index (χ1) is 13.1. The Labute approximate surface area is 163 Å². The molecule has 0 fully saturated rings. The molecule has 3 heteroatoms. The van der Waals surface area contributed by atoms with Crippen LogP contribution >= 0.6 is 11.8 Å². The fraction of sp³-hybridized carbons (Fsp3) is 0.125. The number of hydrogen-bond donors (Lipinski definition) is 1. The van der Waals surface area contributed by atoms with Crippen molar-refractivity contribution in [1.29, 1.82) is 0 Å². The molecule has 1 aliphatic carbocycles. The number of hydrogen-bond acceptors (Lipinski definition) is 3. The normalized spacial score (nSPS) is 17.7. The van der Waals surface area contributed by atoms with Crippen LogP contribution in [0.25, 0.3) is 5.70 Å². The average Bonchev–Trinajstić information content (AvgIpc) is 2.85. The molecule has 0 aromatic heterocycles. The molecule has 1 unspecified atom stereocenters. The van der Waals surface area contributed by atoms with Gasteiger partial charge in [0.25, 0.3) is 0 Å². The maximum Gasteiger partial charge on any atom is 0.193 e. The highest BCUT2D eigenvalue weighted by Gasteiger charge is 2.38. The van der Waals surface area contributed by atoms with Crippen LogP contribution in [0.1, 0.15) is 37.9 Å². The first kappa shape index (κ1) is 16.4. The van der Waals surface area contributed by atoms with E-state index in [1.165, 1.54) is 21.6 Å². The number of thioether (sulfide) groups is 1. The molecule has 0 saturated carbocycles. The SMILES string of the molecule is Cc1ccc(C)c(C2Sc3ccccc3NC3=C2C(=O)c2ccccc23)c1. The largest absolute Gasteiger partial charge is 0.354 e. The van der Waals surface area contributed by atoms with Crippen LogP contribution in [0.3, 0.4) is 0 Å². The maximum atomic E-state index is 13.4. The Morgan fingerprint density at radius 3 is 2.48 bits per heavy atom. The zero-order valence-corrected chi connectivity index (χ0v) is 16.1. The second-order valence-electron chi connectivity index (χ2n) is 7.14. The zero-order chi connectivity index (χ0) is 18.5. The van der Waals surface area contributed by atoms with E-state index < -0.39 is 0 Å². The van der Waals surface area contributed by atoms with Crippen molar-refractivity contribution >= 4 is 28.9 Å². The Kier molecular flexibility index (Phi) is 3.73. The predicted octanol–water partition coefficient (Wildman–Crippen LogP) is 6.17. The van der Waals surface area contributed by atoms with Gasteiger partial charge < -0.3 is 5.32 Å². The highest BCUT2D eigenvalue weighted by Crippen LogP contribution is 2.52. The van der Waals surface area contributed by atoms with Crippen molar-refractivity contribution in [2.24, 2.45) is 0 Å². The summed E-state index contributed by atoms with van der Waals surface area (Å²) < 4.78 is 0. The first-order valence-corrected chi connectivity index (χ1v) is 9.99. The lowest BCUT2D eigenvalue weighted by molar-refractivity contribution is 0.103. The number of nitrogens with one attached hydrogen (secondary N) is 1. The molecule has 2 aliphatic rings. The molecule has 1 aliphatic heterocycles. The van der Waals surface area contributed by atoms with Crippen molar-refractivity contribution < 1.29 is 4.79 Å². The number of rotatable bonds is 1. The minimum absolute atomic E-state index is 0.0315. The van der Waals surface area contributed by atoms with Crippen LogP contribution in [0.15, 0.2) is 77.2 Å². The third-order valence-electron chi connectivity index (χ3n) is 5.33. The van der Waals surface area contributed by atoms with Gasteiger partial charge in [-0.2, -0.15) is 0 Å². The minimum atomic E-state index is -0.0315. The molecule has 1 atom stereocenters. The Morgan fingerprint density at radius 2 is 1.63 bits per heavy atom.